The number of carbonyl (C=O) groups excluding carboxylic acids is 1. The van der Waals surface area contributed by atoms with Crippen LogP contribution in [0.1, 0.15) is 16.7 Å². The minimum absolute atomic E-state index is 0.499. The Bertz CT molecular complexity index is 697. The zero-order chi connectivity index (χ0) is 14.7. The lowest BCUT2D eigenvalue weighted by molar-refractivity contribution is -0.149. The van der Waals surface area contributed by atoms with Crippen molar-refractivity contribution in [2.24, 2.45) is 0 Å². The van der Waals surface area contributed by atoms with E-state index in [4.69, 9.17) is 0 Å². The lowest BCUT2D eigenvalue weighted by atomic mass is 10.0. The molecule has 0 bridgehead atoms. The number of benzene rings is 2. The monoisotopic (exact) mass is 278 g/mol. The van der Waals surface area contributed by atoms with Gasteiger partial charge in [-0.1, -0.05) is 66.7 Å². The molecule has 0 saturated heterocycles. The van der Waals surface area contributed by atoms with E-state index in [1.165, 1.54) is 6.08 Å². The quantitative estimate of drug-likeness (QED) is 0.693. The van der Waals surface area contributed by atoms with Crippen LogP contribution < -0.4 is 0 Å². The number of ether oxygens (including phenoxy) is 1. The number of esters is 1. The Labute approximate surface area is 122 Å². The lowest BCUT2D eigenvalue weighted by Gasteiger charge is -2.07. The van der Waals surface area contributed by atoms with E-state index in [1.54, 1.807) is 0 Å². The van der Waals surface area contributed by atoms with Crippen LogP contribution in [0, 0.1) is 0 Å². The van der Waals surface area contributed by atoms with Gasteiger partial charge in [-0.3, -0.25) is 0 Å². The molecule has 1 N–H and O–H groups in total. The van der Waals surface area contributed by atoms with Gasteiger partial charge in [-0.05, 0) is 16.7 Å². The summed E-state index contributed by atoms with van der Waals surface area (Å²) in [7, 11) is 0. The molecule has 3 heteroatoms. The Kier molecular flexibility index (Phi) is 3.67. The third kappa shape index (κ3) is 3.09. The summed E-state index contributed by atoms with van der Waals surface area (Å²) in [6.07, 6.45) is 4.20. The minimum atomic E-state index is -1.16. The second-order valence-corrected chi connectivity index (χ2v) is 4.75. The Morgan fingerprint density at radius 3 is 2.10 bits per heavy atom. The summed E-state index contributed by atoms with van der Waals surface area (Å²) >= 11 is 0. The molecule has 1 aliphatic heterocycles. The fourth-order valence-electron chi connectivity index (χ4n) is 2.17. The number of cyclic esters (lactones) is 1. The van der Waals surface area contributed by atoms with Crippen LogP contribution in [0.3, 0.4) is 0 Å². The van der Waals surface area contributed by atoms with Gasteiger partial charge in [0.1, 0.15) is 0 Å². The molecular formula is C18H14O3. The highest BCUT2D eigenvalue weighted by molar-refractivity contribution is 5.96. The van der Waals surface area contributed by atoms with Gasteiger partial charge in [0, 0.05) is 11.6 Å². The summed E-state index contributed by atoms with van der Waals surface area (Å²) in [6.45, 7) is 0. The van der Waals surface area contributed by atoms with Crippen LogP contribution in [-0.2, 0) is 9.53 Å². The molecule has 3 rings (SSSR count). The largest absolute Gasteiger partial charge is 0.428 e. The van der Waals surface area contributed by atoms with Crippen molar-refractivity contribution in [3.63, 3.8) is 0 Å². The van der Waals surface area contributed by atoms with E-state index < -0.39 is 12.3 Å². The van der Waals surface area contributed by atoms with Crippen LogP contribution >= 0.6 is 0 Å². The van der Waals surface area contributed by atoms with E-state index in [0.29, 0.717) is 5.57 Å². The van der Waals surface area contributed by atoms with Gasteiger partial charge in [0.25, 0.3) is 0 Å². The fourth-order valence-corrected chi connectivity index (χ4v) is 2.17. The Balaban J connectivity index is 1.77. The van der Waals surface area contributed by atoms with Gasteiger partial charge in [-0.15, -0.1) is 0 Å². The van der Waals surface area contributed by atoms with E-state index in [2.05, 4.69) is 4.74 Å². The van der Waals surface area contributed by atoms with Gasteiger partial charge in [-0.25, -0.2) is 4.79 Å². The molecule has 2 aromatic carbocycles. The van der Waals surface area contributed by atoms with Crippen molar-refractivity contribution in [3.8, 4) is 0 Å². The molecule has 0 saturated carbocycles. The van der Waals surface area contributed by atoms with E-state index in [0.717, 1.165) is 16.7 Å². The molecule has 2 aromatic rings. The third-order valence-corrected chi connectivity index (χ3v) is 3.28. The van der Waals surface area contributed by atoms with Gasteiger partial charge in [0.05, 0.1) is 0 Å². The zero-order valence-electron chi connectivity index (χ0n) is 11.3. The van der Waals surface area contributed by atoms with Crippen LogP contribution in [0.4, 0.5) is 0 Å². The summed E-state index contributed by atoms with van der Waals surface area (Å²) < 4.78 is 4.67. The van der Waals surface area contributed by atoms with E-state index in [1.807, 2.05) is 66.7 Å². The molecule has 0 radical (unpaired) electrons. The summed E-state index contributed by atoms with van der Waals surface area (Å²) in [6, 6.07) is 17.6. The maximum Gasteiger partial charge on any atom is 0.333 e. The summed E-state index contributed by atoms with van der Waals surface area (Å²) in [5.74, 6) is -0.509. The SMILES string of the molecule is O=C1C=C(c2ccc(C=Cc3ccccc3)cc2)C(O)O1. The van der Waals surface area contributed by atoms with Crippen molar-refractivity contribution < 1.29 is 14.6 Å². The van der Waals surface area contributed by atoms with Crippen molar-refractivity contribution in [1.29, 1.82) is 0 Å². The number of carbonyl (C=O) groups is 1. The highest BCUT2D eigenvalue weighted by atomic mass is 16.6. The van der Waals surface area contributed by atoms with Gasteiger partial charge in [0.15, 0.2) is 0 Å². The number of aliphatic hydroxyl groups is 1. The summed E-state index contributed by atoms with van der Waals surface area (Å²) in [5, 5.41) is 9.61. The molecule has 3 nitrogen and oxygen atoms in total. The number of hydrogen-bond acceptors (Lipinski definition) is 3. The Morgan fingerprint density at radius 2 is 1.52 bits per heavy atom. The second-order valence-electron chi connectivity index (χ2n) is 4.75. The minimum Gasteiger partial charge on any atom is -0.428 e. The van der Waals surface area contributed by atoms with E-state index in [9.17, 15) is 9.90 Å². The van der Waals surface area contributed by atoms with Crippen LogP contribution in [0.5, 0.6) is 0 Å². The van der Waals surface area contributed by atoms with Crippen LogP contribution in [0.15, 0.2) is 60.7 Å². The van der Waals surface area contributed by atoms with E-state index >= 15 is 0 Å². The van der Waals surface area contributed by atoms with Crippen molar-refractivity contribution in [2.75, 3.05) is 0 Å². The first kappa shape index (κ1) is 13.3. The highest BCUT2D eigenvalue weighted by Crippen LogP contribution is 2.25. The normalized spacial score (nSPS) is 17.9. The first-order valence-corrected chi connectivity index (χ1v) is 6.66. The summed E-state index contributed by atoms with van der Waals surface area (Å²) in [4.78, 5) is 11.1. The number of rotatable bonds is 3. The van der Waals surface area contributed by atoms with Crippen molar-refractivity contribution in [2.45, 2.75) is 6.29 Å². The van der Waals surface area contributed by atoms with Crippen LogP contribution in [0.2, 0.25) is 0 Å². The van der Waals surface area contributed by atoms with Crippen molar-refractivity contribution in [3.05, 3.63) is 77.4 Å². The molecule has 104 valence electrons. The van der Waals surface area contributed by atoms with Crippen molar-refractivity contribution >= 4 is 23.7 Å². The molecular weight excluding hydrogens is 264 g/mol. The molecule has 0 aromatic heterocycles. The molecule has 0 amide bonds. The van der Waals surface area contributed by atoms with Crippen LogP contribution in [0.25, 0.3) is 17.7 Å². The predicted molar refractivity (Wildman–Crippen MR) is 81.9 cm³/mol. The third-order valence-electron chi connectivity index (χ3n) is 3.28. The first-order chi connectivity index (χ1) is 10.2. The molecule has 0 fully saturated rings. The average molecular weight is 278 g/mol. The lowest BCUT2D eigenvalue weighted by Crippen LogP contribution is -2.09. The average Bonchev–Trinajstić information content (AvgIpc) is 2.85. The molecule has 1 heterocycles. The predicted octanol–water partition coefficient (Wildman–Crippen LogP) is 3.12. The van der Waals surface area contributed by atoms with Gasteiger partial charge in [-0.2, -0.15) is 0 Å². The van der Waals surface area contributed by atoms with Gasteiger partial charge >= 0.3 is 5.97 Å². The molecule has 0 spiro atoms. The molecule has 1 aliphatic rings. The maximum atomic E-state index is 11.1. The smallest absolute Gasteiger partial charge is 0.333 e. The van der Waals surface area contributed by atoms with Crippen molar-refractivity contribution in [1.82, 2.24) is 0 Å². The Morgan fingerprint density at radius 1 is 0.905 bits per heavy atom. The second kappa shape index (κ2) is 5.77. The maximum absolute atomic E-state index is 11.1. The van der Waals surface area contributed by atoms with Gasteiger partial charge in [0.2, 0.25) is 6.29 Å². The molecule has 0 aliphatic carbocycles. The topological polar surface area (TPSA) is 46.5 Å². The summed E-state index contributed by atoms with van der Waals surface area (Å²) in [5.41, 5.74) is 3.46. The first-order valence-electron chi connectivity index (χ1n) is 6.66. The van der Waals surface area contributed by atoms with Gasteiger partial charge < -0.3 is 9.84 Å². The molecule has 1 unspecified atom stereocenters. The molecule has 21 heavy (non-hydrogen) atoms. The van der Waals surface area contributed by atoms with E-state index in [-0.39, 0.29) is 0 Å². The highest BCUT2D eigenvalue weighted by Gasteiger charge is 2.24. The zero-order valence-corrected chi connectivity index (χ0v) is 11.3. The van der Waals surface area contributed by atoms with Crippen LogP contribution in [-0.4, -0.2) is 17.4 Å². The fraction of sp³-hybridized carbons (Fsp3) is 0.0556. The Hall–Kier alpha value is -2.65. The number of aliphatic hydroxyl groups excluding tert-OH is 1. The molecule has 1 atom stereocenters. The standard InChI is InChI=1S/C18H14O3/c19-17-12-16(18(20)21-17)15-10-8-14(9-11-15)7-6-13-4-2-1-3-5-13/h1-12,18,20H. The number of hydrogen-bond donors (Lipinski definition) is 1.